The van der Waals surface area contributed by atoms with Gasteiger partial charge in [0.1, 0.15) is 35.5 Å². The fraction of sp³-hybridized carbons (Fsp3) is 0.250. The molecule has 1 heterocycles. The molecule has 0 aromatic heterocycles. The minimum Gasteiger partial charge on any atom is -0.497 e. The van der Waals surface area contributed by atoms with E-state index in [9.17, 15) is 4.39 Å². The van der Waals surface area contributed by atoms with E-state index in [-0.39, 0.29) is 5.41 Å². The fourth-order valence-electron chi connectivity index (χ4n) is 7.70. The van der Waals surface area contributed by atoms with Gasteiger partial charge in [0.05, 0.1) is 14.2 Å². The SMILES string of the molecule is COc1ccc(C(C)(CCC2=CCOc3c2c2c(c4c(F)cc(F)cc34)-c3cc(Br)cc(Br)c3C2(C)C)c2ccc(OC)cc2)cc1. The third-order valence-electron chi connectivity index (χ3n) is 10.1. The first kappa shape index (κ1) is 31.9. The van der Waals surface area contributed by atoms with Crippen molar-refractivity contribution in [3.8, 4) is 28.4 Å². The second kappa shape index (κ2) is 11.8. The average Bonchev–Trinajstić information content (AvgIpc) is 3.29. The molecule has 7 heteroatoms. The highest BCUT2D eigenvalue weighted by Crippen LogP contribution is 2.60. The summed E-state index contributed by atoms with van der Waals surface area (Å²) >= 11 is 7.48. The lowest BCUT2D eigenvalue weighted by molar-refractivity contribution is 0.359. The first-order valence-corrected chi connectivity index (χ1v) is 17.2. The molecule has 5 aromatic rings. The average molecular weight is 761 g/mol. The van der Waals surface area contributed by atoms with Crippen LogP contribution in [0.15, 0.2) is 87.8 Å². The van der Waals surface area contributed by atoms with Gasteiger partial charge in [-0.25, -0.2) is 8.78 Å². The molecule has 0 bridgehead atoms. The Morgan fingerprint density at radius 2 is 1.45 bits per heavy atom. The molecule has 5 aromatic carbocycles. The highest BCUT2D eigenvalue weighted by Gasteiger charge is 2.44. The first-order valence-electron chi connectivity index (χ1n) is 15.6. The molecule has 0 amide bonds. The van der Waals surface area contributed by atoms with E-state index in [4.69, 9.17) is 14.2 Å². The van der Waals surface area contributed by atoms with Crippen LogP contribution in [0, 0.1) is 11.6 Å². The lowest BCUT2D eigenvalue weighted by Crippen LogP contribution is -2.25. The van der Waals surface area contributed by atoms with E-state index in [1.54, 1.807) is 14.2 Å². The number of hydrogen-bond acceptors (Lipinski definition) is 3. The van der Waals surface area contributed by atoms with E-state index in [0.29, 0.717) is 29.5 Å². The molecule has 0 unspecified atom stereocenters. The topological polar surface area (TPSA) is 27.7 Å². The van der Waals surface area contributed by atoms with Crippen LogP contribution in [-0.4, -0.2) is 20.8 Å². The van der Waals surface area contributed by atoms with Gasteiger partial charge >= 0.3 is 0 Å². The van der Waals surface area contributed by atoms with Gasteiger partial charge in [0, 0.05) is 42.2 Å². The monoisotopic (exact) mass is 758 g/mol. The van der Waals surface area contributed by atoms with Crippen LogP contribution in [-0.2, 0) is 10.8 Å². The predicted octanol–water partition coefficient (Wildman–Crippen LogP) is 11.5. The summed E-state index contributed by atoms with van der Waals surface area (Å²) in [6.45, 7) is 6.93. The largest absolute Gasteiger partial charge is 0.497 e. The Bertz CT molecular complexity index is 2040. The highest BCUT2D eigenvalue weighted by molar-refractivity contribution is 9.11. The number of allylic oxidation sites excluding steroid dienone is 1. The standard InChI is InChI=1S/C40H34Br2F2O3/c1-39(2)36-29(18-25(41)19-31(36)42)35-34-30(20-26(43)21-32(34)44)38-33(37(35)39)22(15-17-47-38)14-16-40(3,23-6-10-27(45-4)11-7-23)24-8-12-28(46-5)13-9-24/h6-13,15,18-21H,14,16-17H2,1-5H3. The second-order valence-corrected chi connectivity index (χ2v) is 14.8. The van der Waals surface area contributed by atoms with Crippen LogP contribution in [0.3, 0.4) is 0 Å². The maximum absolute atomic E-state index is 16.0. The first-order chi connectivity index (χ1) is 22.5. The van der Waals surface area contributed by atoms with Crippen molar-refractivity contribution in [3.63, 3.8) is 0 Å². The maximum Gasteiger partial charge on any atom is 0.135 e. The summed E-state index contributed by atoms with van der Waals surface area (Å²) < 4.78 is 50.0. The van der Waals surface area contributed by atoms with Crippen molar-refractivity contribution in [2.24, 2.45) is 0 Å². The lowest BCUT2D eigenvalue weighted by atomic mass is 9.71. The molecule has 0 radical (unpaired) electrons. The summed E-state index contributed by atoms with van der Waals surface area (Å²) in [7, 11) is 3.34. The van der Waals surface area contributed by atoms with Crippen molar-refractivity contribution in [1.29, 1.82) is 0 Å². The van der Waals surface area contributed by atoms with Crippen LogP contribution in [0.1, 0.15) is 61.4 Å². The molecule has 0 N–H and O–H groups in total. The highest BCUT2D eigenvalue weighted by atomic mass is 79.9. The molecule has 0 saturated carbocycles. The quantitative estimate of drug-likeness (QED) is 0.165. The number of benzene rings is 5. The van der Waals surface area contributed by atoms with Crippen molar-refractivity contribution in [2.45, 2.75) is 44.4 Å². The zero-order valence-electron chi connectivity index (χ0n) is 26.9. The van der Waals surface area contributed by atoms with E-state index in [2.05, 4.69) is 83.0 Å². The van der Waals surface area contributed by atoms with E-state index in [1.807, 2.05) is 36.4 Å². The predicted molar refractivity (Wildman–Crippen MR) is 192 cm³/mol. The Labute approximate surface area is 290 Å². The van der Waals surface area contributed by atoms with Crippen molar-refractivity contribution in [3.05, 3.63) is 127 Å². The number of methoxy groups -OCH3 is 2. The number of halogens is 4. The minimum absolute atomic E-state index is 0.318. The Balaban J connectivity index is 1.42. The molecule has 1 aliphatic heterocycles. The summed E-state index contributed by atoms with van der Waals surface area (Å²) in [6.07, 6.45) is 3.61. The van der Waals surface area contributed by atoms with Crippen LogP contribution >= 0.6 is 31.9 Å². The van der Waals surface area contributed by atoms with Gasteiger partial charge in [-0.15, -0.1) is 0 Å². The summed E-state index contributed by atoms with van der Waals surface area (Å²) in [5.74, 6) is 0.921. The van der Waals surface area contributed by atoms with Gasteiger partial charge in [0.2, 0.25) is 0 Å². The third-order valence-corrected chi connectivity index (χ3v) is 11.2. The molecule has 240 valence electrons. The van der Waals surface area contributed by atoms with Crippen molar-refractivity contribution in [1.82, 2.24) is 0 Å². The van der Waals surface area contributed by atoms with Gasteiger partial charge in [-0.05, 0) is 100 Å². The van der Waals surface area contributed by atoms with Gasteiger partial charge in [-0.3, -0.25) is 0 Å². The van der Waals surface area contributed by atoms with Crippen LogP contribution in [0.4, 0.5) is 8.78 Å². The summed E-state index contributed by atoms with van der Waals surface area (Å²) in [4.78, 5) is 0. The molecule has 47 heavy (non-hydrogen) atoms. The zero-order valence-corrected chi connectivity index (χ0v) is 30.0. The molecular formula is C40H34Br2F2O3. The van der Waals surface area contributed by atoms with E-state index in [0.717, 1.165) is 77.4 Å². The molecule has 2 aliphatic rings. The number of hydrogen-bond donors (Lipinski definition) is 0. The Morgan fingerprint density at radius 1 is 0.830 bits per heavy atom. The zero-order chi connectivity index (χ0) is 33.2. The van der Waals surface area contributed by atoms with Crippen LogP contribution in [0.25, 0.3) is 27.5 Å². The second-order valence-electron chi connectivity index (χ2n) is 13.0. The van der Waals surface area contributed by atoms with Gasteiger partial charge in [-0.2, -0.15) is 0 Å². The summed E-state index contributed by atoms with van der Waals surface area (Å²) in [6, 6.07) is 23.0. The third kappa shape index (κ3) is 5.08. The lowest BCUT2D eigenvalue weighted by Gasteiger charge is -2.34. The van der Waals surface area contributed by atoms with E-state index in [1.165, 1.54) is 6.07 Å². The molecule has 0 fully saturated rings. The van der Waals surface area contributed by atoms with Gasteiger partial charge < -0.3 is 14.2 Å². The normalized spacial score (nSPS) is 14.6. The van der Waals surface area contributed by atoms with Crippen LogP contribution in [0.2, 0.25) is 0 Å². The summed E-state index contributed by atoms with van der Waals surface area (Å²) in [5.41, 5.74) is 7.27. The minimum atomic E-state index is -0.628. The maximum atomic E-state index is 16.0. The molecule has 0 saturated heterocycles. The Kier molecular flexibility index (Phi) is 7.99. The molecule has 0 atom stereocenters. The number of fused-ring (bicyclic) bond motifs is 8. The smallest absolute Gasteiger partial charge is 0.135 e. The molecule has 1 aliphatic carbocycles. The van der Waals surface area contributed by atoms with Crippen LogP contribution in [0.5, 0.6) is 17.2 Å². The van der Waals surface area contributed by atoms with Gasteiger partial charge in [0.15, 0.2) is 0 Å². The Morgan fingerprint density at radius 3 is 2.04 bits per heavy atom. The van der Waals surface area contributed by atoms with E-state index < -0.39 is 17.0 Å². The number of rotatable bonds is 7. The number of ether oxygens (including phenoxy) is 3. The van der Waals surface area contributed by atoms with E-state index >= 15 is 4.39 Å². The molecule has 3 nitrogen and oxygen atoms in total. The van der Waals surface area contributed by atoms with Gasteiger partial charge in [-0.1, -0.05) is 76.9 Å². The molecule has 0 spiro atoms. The van der Waals surface area contributed by atoms with Gasteiger partial charge in [0.25, 0.3) is 0 Å². The van der Waals surface area contributed by atoms with Crippen molar-refractivity contribution < 1.29 is 23.0 Å². The van der Waals surface area contributed by atoms with Crippen LogP contribution < -0.4 is 14.2 Å². The summed E-state index contributed by atoms with van der Waals surface area (Å²) in [5, 5.41) is 0.842. The fourth-order valence-corrected chi connectivity index (χ4v) is 9.42. The Hall–Kier alpha value is -3.68. The molecule has 7 rings (SSSR count). The molecular weight excluding hydrogens is 726 g/mol. The van der Waals surface area contributed by atoms with Crippen molar-refractivity contribution >= 4 is 48.2 Å². The van der Waals surface area contributed by atoms with Crippen molar-refractivity contribution in [2.75, 3.05) is 20.8 Å².